The molecule has 1 aliphatic heterocycles. The average molecular weight is 373 g/mol. The molecule has 0 amide bonds. The monoisotopic (exact) mass is 372 g/mol. The van der Waals surface area contributed by atoms with Crippen LogP contribution in [-0.4, -0.2) is 41.0 Å². The number of nitrogens with zero attached hydrogens (tertiary/aromatic N) is 4. The van der Waals surface area contributed by atoms with Gasteiger partial charge in [0, 0.05) is 44.3 Å². The van der Waals surface area contributed by atoms with E-state index in [2.05, 4.69) is 31.9 Å². The lowest BCUT2D eigenvalue weighted by Gasteiger charge is -2.35. The number of hydrogen-bond acceptors (Lipinski definition) is 4. The third kappa shape index (κ3) is 3.71. The molecule has 0 N–H and O–H groups in total. The number of fused-ring (bicyclic) bond motifs is 1. The molecule has 0 radical (unpaired) electrons. The van der Waals surface area contributed by atoms with Crippen molar-refractivity contribution in [1.82, 2.24) is 14.9 Å². The molecule has 128 valence electrons. The summed E-state index contributed by atoms with van der Waals surface area (Å²) in [7, 11) is 0. The molecule has 1 fully saturated rings. The van der Waals surface area contributed by atoms with E-state index in [1.165, 1.54) is 0 Å². The lowest BCUT2D eigenvalue weighted by molar-refractivity contribution is 0.246. The van der Waals surface area contributed by atoms with Crippen molar-refractivity contribution in [2.45, 2.75) is 6.54 Å². The molecule has 0 spiro atoms. The van der Waals surface area contributed by atoms with Crippen LogP contribution < -0.4 is 4.90 Å². The number of benzene rings is 1. The van der Waals surface area contributed by atoms with Crippen LogP contribution in [0.5, 0.6) is 0 Å². The second-order valence-corrected chi connectivity index (χ2v) is 7.02. The third-order valence-corrected chi connectivity index (χ3v) is 5.06. The number of hydrogen-bond donors (Lipinski definition) is 0. The van der Waals surface area contributed by atoms with Crippen LogP contribution in [0.25, 0.3) is 10.8 Å². The molecule has 2 aromatic heterocycles. The molecular weight excluding hydrogens is 355 g/mol. The minimum absolute atomic E-state index is 0.570. The summed E-state index contributed by atoms with van der Waals surface area (Å²) in [6, 6.07) is 14.1. The molecule has 1 aromatic carbocycles. The molecule has 0 atom stereocenters. The average Bonchev–Trinajstić information content (AvgIpc) is 2.64. The number of aromatic nitrogens is 2. The van der Waals surface area contributed by atoms with E-state index in [0.29, 0.717) is 10.2 Å². The minimum atomic E-state index is 0.570. The van der Waals surface area contributed by atoms with Crippen molar-refractivity contribution in [1.29, 1.82) is 0 Å². The van der Waals surface area contributed by atoms with Crippen LogP contribution >= 0.6 is 23.2 Å². The van der Waals surface area contributed by atoms with Crippen molar-refractivity contribution in [3.63, 3.8) is 0 Å². The Bertz CT molecular complexity index is 874. The molecule has 3 heterocycles. The van der Waals surface area contributed by atoms with Crippen LogP contribution in [0.15, 0.2) is 48.7 Å². The van der Waals surface area contributed by atoms with E-state index in [1.807, 2.05) is 30.3 Å². The van der Waals surface area contributed by atoms with Gasteiger partial charge in [0.15, 0.2) is 0 Å². The Labute approximate surface area is 157 Å². The van der Waals surface area contributed by atoms with Gasteiger partial charge in [0.2, 0.25) is 0 Å². The molecule has 0 unspecified atom stereocenters. The van der Waals surface area contributed by atoms with Crippen LogP contribution in [0.3, 0.4) is 0 Å². The molecule has 3 aromatic rings. The fourth-order valence-electron chi connectivity index (χ4n) is 3.17. The molecule has 1 saturated heterocycles. The Morgan fingerprint density at radius 2 is 1.76 bits per heavy atom. The second kappa shape index (κ2) is 7.16. The predicted molar refractivity (Wildman–Crippen MR) is 103 cm³/mol. The molecule has 6 heteroatoms. The van der Waals surface area contributed by atoms with Gasteiger partial charge in [-0.15, -0.1) is 0 Å². The Hall–Kier alpha value is -1.88. The number of rotatable bonds is 3. The van der Waals surface area contributed by atoms with E-state index in [9.17, 15) is 0 Å². The van der Waals surface area contributed by atoms with Crippen LogP contribution in [0.2, 0.25) is 10.2 Å². The summed E-state index contributed by atoms with van der Waals surface area (Å²) in [5, 5.41) is 3.37. The molecule has 1 aliphatic rings. The molecule has 25 heavy (non-hydrogen) atoms. The van der Waals surface area contributed by atoms with Crippen molar-refractivity contribution in [2.75, 3.05) is 31.1 Å². The zero-order valence-electron chi connectivity index (χ0n) is 13.7. The van der Waals surface area contributed by atoms with Crippen LogP contribution in [0.4, 0.5) is 5.82 Å². The summed E-state index contributed by atoms with van der Waals surface area (Å²) < 4.78 is 0. The van der Waals surface area contributed by atoms with E-state index in [1.54, 1.807) is 6.20 Å². The van der Waals surface area contributed by atoms with E-state index >= 15 is 0 Å². The maximum Gasteiger partial charge on any atom is 0.139 e. The maximum atomic E-state index is 6.36. The Morgan fingerprint density at radius 3 is 2.52 bits per heavy atom. The van der Waals surface area contributed by atoms with Gasteiger partial charge in [-0.3, -0.25) is 9.88 Å². The number of pyridine rings is 2. The maximum absolute atomic E-state index is 6.36. The highest BCUT2D eigenvalue weighted by Gasteiger charge is 2.19. The van der Waals surface area contributed by atoms with E-state index in [0.717, 1.165) is 55.0 Å². The largest absolute Gasteiger partial charge is 0.354 e. The first-order chi connectivity index (χ1) is 12.2. The smallest absolute Gasteiger partial charge is 0.139 e. The first-order valence-electron chi connectivity index (χ1n) is 8.32. The molecule has 0 saturated carbocycles. The minimum Gasteiger partial charge on any atom is -0.354 e. The lowest BCUT2D eigenvalue weighted by Crippen LogP contribution is -2.46. The van der Waals surface area contributed by atoms with Gasteiger partial charge in [-0.05, 0) is 23.6 Å². The third-order valence-electron chi connectivity index (χ3n) is 4.55. The summed E-state index contributed by atoms with van der Waals surface area (Å²) in [6.45, 7) is 4.63. The van der Waals surface area contributed by atoms with E-state index in [4.69, 9.17) is 23.2 Å². The van der Waals surface area contributed by atoms with Gasteiger partial charge in [-0.2, -0.15) is 0 Å². The highest BCUT2D eigenvalue weighted by atomic mass is 35.5. The summed E-state index contributed by atoms with van der Waals surface area (Å²) >= 11 is 12.3. The van der Waals surface area contributed by atoms with Gasteiger partial charge in [0.1, 0.15) is 11.0 Å². The van der Waals surface area contributed by atoms with Gasteiger partial charge in [0.25, 0.3) is 0 Å². The topological polar surface area (TPSA) is 32.3 Å². The zero-order valence-corrected chi connectivity index (χ0v) is 15.2. The second-order valence-electron chi connectivity index (χ2n) is 6.22. The zero-order chi connectivity index (χ0) is 17.2. The van der Waals surface area contributed by atoms with E-state index < -0.39 is 0 Å². The highest BCUT2D eigenvalue weighted by molar-refractivity contribution is 6.34. The van der Waals surface area contributed by atoms with Crippen molar-refractivity contribution in [3.05, 3.63) is 64.5 Å². The van der Waals surface area contributed by atoms with Crippen molar-refractivity contribution >= 4 is 39.8 Å². The summed E-state index contributed by atoms with van der Waals surface area (Å²) in [5.74, 6) is 0.952. The molecule has 4 nitrogen and oxygen atoms in total. The molecule has 0 bridgehead atoms. The quantitative estimate of drug-likeness (QED) is 0.643. The van der Waals surface area contributed by atoms with Crippen LogP contribution in [0.1, 0.15) is 5.69 Å². The first kappa shape index (κ1) is 16.6. The van der Waals surface area contributed by atoms with Crippen molar-refractivity contribution in [3.8, 4) is 0 Å². The van der Waals surface area contributed by atoms with Crippen molar-refractivity contribution < 1.29 is 0 Å². The fourth-order valence-corrected chi connectivity index (χ4v) is 3.54. The summed E-state index contributed by atoms with van der Waals surface area (Å²) in [6.07, 6.45) is 1.70. The van der Waals surface area contributed by atoms with E-state index in [-0.39, 0.29) is 0 Å². The number of halogens is 2. The number of piperazine rings is 1. The SMILES string of the molecule is Clc1ccc(CN2CCN(c3cc4ccccc4c(Cl)n3)CC2)nc1. The normalized spacial score (nSPS) is 15.7. The predicted octanol–water partition coefficient (Wildman–Crippen LogP) is 4.26. The lowest BCUT2D eigenvalue weighted by atomic mass is 10.1. The van der Waals surface area contributed by atoms with Gasteiger partial charge in [-0.25, -0.2) is 4.98 Å². The van der Waals surface area contributed by atoms with Crippen LogP contribution in [0, 0.1) is 0 Å². The van der Waals surface area contributed by atoms with Gasteiger partial charge >= 0.3 is 0 Å². The highest BCUT2D eigenvalue weighted by Crippen LogP contribution is 2.27. The van der Waals surface area contributed by atoms with Crippen LogP contribution in [-0.2, 0) is 6.54 Å². The van der Waals surface area contributed by atoms with Gasteiger partial charge in [-0.1, -0.05) is 47.5 Å². The van der Waals surface area contributed by atoms with Gasteiger partial charge in [0.05, 0.1) is 10.7 Å². The number of anilines is 1. The summed E-state index contributed by atoms with van der Waals surface area (Å²) in [5.41, 5.74) is 1.05. The molecule has 4 rings (SSSR count). The Kier molecular flexibility index (Phi) is 4.75. The first-order valence-corrected chi connectivity index (χ1v) is 9.08. The summed E-state index contributed by atoms with van der Waals surface area (Å²) in [4.78, 5) is 13.7. The molecule has 0 aliphatic carbocycles. The van der Waals surface area contributed by atoms with Crippen molar-refractivity contribution in [2.24, 2.45) is 0 Å². The standard InChI is InChI=1S/C19H18Cl2N4/c20-15-5-6-16(22-12-15)13-24-7-9-25(10-8-24)18-11-14-3-1-2-4-17(14)19(21)23-18/h1-6,11-12H,7-10,13H2. The Balaban J connectivity index is 1.44. The fraction of sp³-hybridized carbons (Fsp3) is 0.263. The Morgan fingerprint density at radius 1 is 0.960 bits per heavy atom. The van der Waals surface area contributed by atoms with Gasteiger partial charge < -0.3 is 4.90 Å². The molecular formula is C19H18Cl2N4.